The molecule has 0 N–H and O–H groups in total. The lowest BCUT2D eigenvalue weighted by Crippen LogP contribution is -2.49. The first kappa shape index (κ1) is 17.9. The Morgan fingerprint density at radius 1 is 0.690 bits per heavy atom. The minimum Gasteiger partial charge on any atom is -0.355 e. The van der Waals surface area contributed by atoms with Crippen LogP contribution in [0, 0.1) is 0 Å². The number of anilines is 2. The van der Waals surface area contributed by atoms with Crippen LogP contribution in [-0.4, -0.2) is 60.3 Å². The predicted octanol–water partition coefficient (Wildman–Crippen LogP) is 3.19. The van der Waals surface area contributed by atoms with Crippen LogP contribution in [0.1, 0.15) is 23.2 Å². The molecular formula is C23H25N5O. The van der Waals surface area contributed by atoms with E-state index < -0.39 is 0 Å². The number of piperazine rings is 1. The van der Waals surface area contributed by atoms with Gasteiger partial charge in [0.15, 0.2) is 11.6 Å². The van der Waals surface area contributed by atoms with Crippen molar-refractivity contribution in [2.75, 3.05) is 49.1 Å². The second-order valence-electron chi connectivity index (χ2n) is 7.75. The average molecular weight is 387 g/mol. The Hall–Kier alpha value is -3.15. The van der Waals surface area contributed by atoms with Gasteiger partial charge in [-0.05, 0) is 41.8 Å². The standard InChI is InChI=1S/C23H25N5O/c29-23(20-9-5-7-18-6-1-2-8-19(18)20)28-16-14-27(15-17-28)22-11-10-21(24-25-22)26-12-3-4-13-26/h1-2,5-11H,3-4,12-17H2. The summed E-state index contributed by atoms with van der Waals surface area (Å²) >= 11 is 0. The van der Waals surface area contributed by atoms with Gasteiger partial charge in [0, 0.05) is 44.8 Å². The van der Waals surface area contributed by atoms with Crippen LogP contribution in [0.2, 0.25) is 0 Å². The third-order valence-electron chi connectivity index (χ3n) is 5.98. The number of carbonyl (C=O) groups is 1. The first-order valence-electron chi connectivity index (χ1n) is 10.4. The minimum atomic E-state index is 0.108. The van der Waals surface area contributed by atoms with E-state index in [2.05, 4.69) is 44.3 Å². The smallest absolute Gasteiger partial charge is 0.254 e. The van der Waals surface area contributed by atoms with Gasteiger partial charge >= 0.3 is 0 Å². The quantitative estimate of drug-likeness (QED) is 0.691. The Morgan fingerprint density at radius 2 is 1.31 bits per heavy atom. The van der Waals surface area contributed by atoms with Gasteiger partial charge < -0.3 is 14.7 Å². The van der Waals surface area contributed by atoms with Gasteiger partial charge in [0.05, 0.1) is 0 Å². The number of aromatic nitrogens is 2. The van der Waals surface area contributed by atoms with Gasteiger partial charge in [-0.1, -0.05) is 36.4 Å². The van der Waals surface area contributed by atoms with E-state index in [9.17, 15) is 4.79 Å². The summed E-state index contributed by atoms with van der Waals surface area (Å²) in [5.41, 5.74) is 0.784. The van der Waals surface area contributed by atoms with Gasteiger partial charge in [0.1, 0.15) is 0 Å². The topological polar surface area (TPSA) is 52.6 Å². The fourth-order valence-corrected chi connectivity index (χ4v) is 4.32. The van der Waals surface area contributed by atoms with Gasteiger partial charge in [-0.2, -0.15) is 0 Å². The number of benzene rings is 2. The first-order valence-corrected chi connectivity index (χ1v) is 10.4. The second kappa shape index (κ2) is 7.70. The van der Waals surface area contributed by atoms with E-state index >= 15 is 0 Å². The third kappa shape index (κ3) is 3.50. The van der Waals surface area contributed by atoms with Gasteiger partial charge in [0.25, 0.3) is 5.91 Å². The zero-order valence-corrected chi connectivity index (χ0v) is 16.5. The monoisotopic (exact) mass is 387 g/mol. The molecule has 3 heterocycles. The van der Waals surface area contributed by atoms with Crippen LogP contribution in [0.15, 0.2) is 54.6 Å². The Bertz CT molecular complexity index is 1000. The fraction of sp³-hybridized carbons (Fsp3) is 0.348. The van der Waals surface area contributed by atoms with Crippen LogP contribution in [0.3, 0.4) is 0 Å². The lowest BCUT2D eigenvalue weighted by atomic mass is 10.0. The van der Waals surface area contributed by atoms with Crippen LogP contribution in [0.5, 0.6) is 0 Å². The average Bonchev–Trinajstić information content (AvgIpc) is 3.33. The number of fused-ring (bicyclic) bond motifs is 1. The summed E-state index contributed by atoms with van der Waals surface area (Å²) in [6.07, 6.45) is 2.46. The van der Waals surface area contributed by atoms with Gasteiger partial charge in [-0.15, -0.1) is 10.2 Å². The van der Waals surface area contributed by atoms with Crippen molar-refractivity contribution in [3.05, 3.63) is 60.2 Å². The van der Waals surface area contributed by atoms with Crippen molar-refractivity contribution in [2.45, 2.75) is 12.8 Å². The molecule has 6 nitrogen and oxygen atoms in total. The van der Waals surface area contributed by atoms with E-state index in [-0.39, 0.29) is 5.91 Å². The number of amides is 1. The maximum atomic E-state index is 13.1. The molecule has 148 valence electrons. The van der Waals surface area contributed by atoms with Crippen molar-refractivity contribution < 1.29 is 4.79 Å². The summed E-state index contributed by atoms with van der Waals surface area (Å²) in [5.74, 6) is 1.97. The molecule has 2 aromatic carbocycles. The summed E-state index contributed by atoms with van der Waals surface area (Å²) in [4.78, 5) is 19.6. The Labute approximate surface area is 170 Å². The molecule has 2 aliphatic rings. The van der Waals surface area contributed by atoms with Crippen molar-refractivity contribution in [3.63, 3.8) is 0 Å². The number of hydrogen-bond acceptors (Lipinski definition) is 5. The van der Waals surface area contributed by atoms with Crippen molar-refractivity contribution in [2.24, 2.45) is 0 Å². The molecule has 29 heavy (non-hydrogen) atoms. The molecule has 0 aliphatic carbocycles. The molecule has 0 atom stereocenters. The number of hydrogen-bond donors (Lipinski definition) is 0. The van der Waals surface area contributed by atoms with Crippen molar-refractivity contribution in [1.29, 1.82) is 0 Å². The summed E-state index contributed by atoms with van der Waals surface area (Å²) in [5, 5.41) is 11.0. The summed E-state index contributed by atoms with van der Waals surface area (Å²) in [7, 11) is 0. The van der Waals surface area contributed by atoms with Gasteiger partial charge in [-0.25, -0.2) is 0 Å². The van der Waals surface area contributed by atoms with Crippen LogP contribution in [0.25, 0.3) is 10.8 Å². The molecule has 2 fully saturated rings. The largest absolute Gasteiger partial charge is 0.355 e. The van der Waals surface area contributed by atoms with Crippen molar-refractivity contribution >= 4 is 28.3 Å². The predicted molar refractivity (Wildman–Crippen MR) is 116 cm³/mol. The normalized spacial score (nSPS) is 17.2. The molecule has 6 heteroatoms. The zero-order chi connectivity index (χ0) is 19.6. The minimum absolute atomic E-state index is 0.108. The van der Waals surface area contributed by atoms with Crippen LogP contribution in [0.4, 0.5) is 11.6 Å². The molecule has 5 rings (SSSR count). The zero-order valence-electron chi connectivity index (χ0n) is 16.5. The summed E-state index contributed by atoms with van der Waals surface area (Å²) in [6, 6.07) is 18.1. The number of carbonyl (C=O) groups excluding carboxylic acids is 1. The highest BCUT2D eigenvalue weighted by molar-refractivity contribution is 6.07. The molecule has 0 bridgehead atoms. The molecule has 3 aromatic rings. The lowest BCUT2D eigenvalue weighted by Gasteiger charge is -2.35. The molecule has 1 aromatic heterocycles. The van der Waals surface area contributed by atoms with Crippen LogP contribution in [-0.2, 0) is 0 Å². The maximum absolute atomic E-state index is 13.1. The molecule has 0 radical (unpaired) electrons. The van der Waals surface area contributed by atoms with Crippen molar-refractivity contribution in [1.82, 2.24) is 15.1 Å². The third-order valence-corrected chi connectivity index (χ3v) is 5.98. The summed E-state index contributed by atoms with van der Waals surface area (Å²) < 4.78 is 0. The van der Waals surface area contributed by atoms with Crippen LogP contribution < -0.4 is 9.80 Å². The van der Waals surface area contributed by atoms with E-state index in [1.54, 1.807) is 0 Å². The van der Waals surface area contributed by atoms with E-state index in [4.69, 9.17) is 0 Å². The highest BCUT2D eigenvalue weighted by Crippen LogP contribution is 2.22. The highest BCUT2D eigenvalue weighted by atomic mass is 16.2. The molecule has 1 amide bonds. The molecule has 2 saturated heterocycles. The first-order chi connectivity index (χ1) is 14.3. The Kier molecular flexibility index (Phi) is 4.76. The highest BCUT2D eigenvalue weighted by Gasteiger charge is 2.24. The lowest BCUT2D eigenvalue weighted by molar-refractivity contribution is 0.0748. The summed E-state index contributed by atoms with van der Waals surface area (Å²) in [6.45, 7) is 5.07. The van der Waals surface area contributed by atoms with Gasteiger partial charge in [0.2, 0.25) is 0 Å². The second-order valence-corrected chi connectivity index (χ2v) is 7.75. The van der Waals surface area contributed by atoms with Crippen LogP contribution >= 0.6 is 0 Å². The van der Waals surface area contributed by atoms with E-state index in [0.29, 0.717) is 13.1 Å². The molecule has 0 spiro atoms. The molecular weight excluding hydrogens is 362 g/mol. The molecule has 0 unspecified atom stereocenters. The Morgan fingerprint density at radius 3 is 2.00 bits per heavy atom. The van der Waals surface area contributed by atoms with E-state index in [0.717, 1.165) is 54.2 Å². The number of nitrogens with zero attached hydrogens (tertiary/aromatic N) is 5. The Balaban J connectivity index is 1.26. The van der Waals surface area contributed by atoms with E-state index in [1.165, 1.54) is 12.8 Å². The molecule has 2 aliphatic heterocycles. The van der Waals surface area contributed by atoms with Gasteiger partial charge in [-0.3, -0.25) is 4.79 Å². The number of rotatable bonds is 3. The fourth-order valence-electron chi connectivity index (χ4n) is 4.32. The molecule has 0 saturated carbocycles. The van der Waals surface area contributed by atoms with E-state index in [1.807, 2.05) is 35.2 Å². The van der Waals surface area contributed by atoms with Crippen molar-refractivity contribution in [3.8, 4) is 0 Å². The maximum Gasteiger partial charge on any atom is 0.254 e. The SMILES string of the molecule is O=C(c1cccc2ccccc12)N1CCN(c2ccc(N3CCCC3)nn2)CC1.